The lowest BCUT2D eigenvalue weighted by Gasteiger charge is -2.29. The average Bonchev–Trinajstić information content (AvgIpc) is 2.51. The fourth-order valence-corrected chi connectivity index (χ4v) is 2.80. The zero-order valence-electron chi connectivity index (χ0n) is 12.7. The lowest BCUT2D eigenvalue weighted by Crippen LogP contribution is -2.39. The van der Waals surface area contributed by atoms with Gasteiger partial charge < -0.3 is 10.4 Å². The van der Waals surface area contributed by atoms with Gasteiger partial charge in [-0.1, -0.05) is 13.8 Å². The first-order valence-electron chi connectivity index (χ1n) is 7.31. The molecule has 1 rings (SSSR count). The number of rotatable bonds is 9. The maximum atomic E-state index is 12.8. The molecule has 0 aliphatic heterocycles. The minimum absolute atomic E-state index is 0.00987. The molecule has 118 valence electrons. The van der Waals surface area contributed by atoms with Crippen LogP contribution in [-0.4, -0.2) is 29.9 Å². The Morgan fingerprint density at radius 1 is 1.29 bits per heavy atom. The molecule has 0 heterocycles. The minimum atomic E-state index is -0.253. The summed E-state index contributed by atoms with van der Waals surface area (Å²) in [6, 6.07) is 6.26. The monoisotopic (exact) mass is 313 g/mol. The van der Waals surface area contributed by atoms with E-state index in [2.05, 4.69) is 5.32 Å². The zero-order valence-corrected chi connectivity index (χ0v) is 13.5. The Hall–Kier alpha value is -1.07. The Balaban J connectivity index is 2.29. The van der Waals surface area contributed by atoms with E-state index in [1.807, 2.05) is 13.8 Å². The highest BCUT2D eigenvalue weighted by molar-refractivity contribution is 7.99. The van der Waals surface area contributed by atoms with Crippen LogP contribution in [0, 0.1) is 11.2 Å². The molecule has 0 aliphatic rings. The second-order valence-corrected chi connectivity index (χ2v) is 6.36. The zero-order chi connectivity index (χ0) is 15.7. The molecule has 0 radical (unpaired) electrons. The molecule has 0 spiro atoms. The predicted octanol–water partition coefficient (Wildman–Crippen LogP) is 3.22. The number of amides is 1. The van der Waals surface area contributed by atoms with E-state index in [0.717, 1.165) is 17.7 Å². The Morgan fingerprint density at radius 2 is 1.90 bits per heavy atom. The molecule has 0 fully saturated rings. The van der Waals surface area contributed by atoms with Gasteiger partial charge in [-0.05, 0) is 37.1 Å². The number of nitrogens with one attached hydrogen (secondary N) is 1. The lowest BCUT2D eigenvalue weighted by molar-refractivity contribution is -0.121. The lowest BCUT2D eigenvalue weighted by atomic mass is 9.83. The molecule has 5 heteroatoms. The molecule has 0 atom stereocenters. The van der Waals surface area contributed by atoms with Gasteiger partial charge in [0.2, 0.25) is 5.91 Å². The summed E-state index contributed by atoms with van der Waals surface area (Å²) in [6.45, 7) is 4.65. The minimum Gasteiger partial charge on any atom is -0.396 e. The first kappa shape index (κ1) is 18.0. The van der Waals surface area contributed by atoms with Gasteiger partial charge in [0.1, 0.15) is 5.82 Å². The fraction of sp³-hybridized carbons (Fsp3) is 0.562. The van der Waals surface area contributed by atoms with Crippen molar-refractivity contribution in [3.05, 3.63) is 30.1 Å². The summed E-state index contributed by atoms with van der Waals surface area (Å²) in [7, 11) is 0. The fourth-order valence-electron chi connectivity index (χ4n) is 1.95. The number of halogens is 1. The summed E-state index contributed by atoms with van der Waals surface area (Å²) in [6.07, 6.45) is 2.09. The second kappa shape index (κ2) is 9.05. The maximum absolute atomic E-state index is 12.8. The molecule has 2 N–H and O–H groups in total. The van der Waals surface area contributed by atoms with Crippen LogP contribution in [0.2, 0.25) is 0 Å². The van der Waals surface area contributed by atoms with Gasteiger partial charge in [0.05, 0.1) is 6.61 Å². The molecule has 1 amide bonds. The standard InChI is InChI=1S/C16H24FNO2S/c1-3-16(4-2,12-19)11-18-15(20)9-10-21-14-7-5-13(17)6-8-14/h5-8,19H,3-4,9-12H2,1-2H3,(H,18,20). The van der Waals surface area contributed by atoms with Crippen molar-refractivity contribution in [1.29, 1.82) is 0 Å². The largest absolute Gasteiger partial charge is 0.396 e. The molecule has 21 heavy (non-hydrogen) atoms. The van der Waals surface area contributed by atoms with Crippen LogP contribution in [0.15, 0.2) is 29.2 Å². The SMILES string of the molecule is CCC(CC)(CO)CNC(=O)CCSc1ccc(F)cc1. The van der Waals surface area contributed by atoms with Crippen molar-refractivity contribution in [1.82, 2.24) is 5.32 Å². The van der Waals surface area contributed by atoms with Crippen LogP contribution in [-0.2, 0) is 4.79 Å². The first-order valence-corrected chi connectivity index (χ1v) is 8.29. The van der Waals surface area contributed by atoms with Gasteiger partial charge in [0, 0.05) is 29.0 Å². The third-order valence-electron chi connectivity index (χ3n) is 3.91. The number of hydrogen-bond donors (Lipinski definition) is 2. The van der Waals surface area contributed by atoms with Crippen LogP contribution in [0.5, 0.6) is 0 Å². The summed E-state index contributed by atoms with van der Waals surface area (Å²) >= 11 is 1.53. The van der Waals surface area contributed by atoms with Crippen LogP contribution in [0.1, 0.15) is 33.1 Å². The number of aliphatic hydroxyl groups is 1. The van der Waals surface area contributed by atoms with E-state index in [0.29, 0.717) is 18.7 Å². The van der Waals surface area contributed by atoms with E-state index >= 15 is 0 Å². The van der Waals surface area contributed by atoms with Crippen molar-refractivity contribution in [2.24, 2.45) is 5.41 Å². The number of carbonyl (C=O) groups is 1. The molecule has 0 aliphatic carbocycles. The molecule has 0 aromatic heterocycles. The molecular weight excluding hydrogens is 289 g/mol. The van der Waals surface area contributed by atoms with Crippen molar-refractivity contribution in [2.75, 3.05) is 18.9 Å². The Bertz CT molecular complexity index is 424. The predicted molar refractivity (Wildman–Crippen MR) is 84.9 cm³/mol. The van der Waals surface area contributed by atoms with Crippen LogP contribution < -0.4 is 5.32 Å². The summed E-state index contributed by atoms with van der Waals surface area (Å²) in [5.41, 5.74) is -0.209. The summed E-state index contributed by atoms with van der Waals surface area (Å²) in [4.78, 5) is 12.8. The van der Waals surface area contributed by atoms with Gasteiger partial charge in [-0.2, -0.15) is 0 Å². The van der Waals surface area contributed by atoms with E-state index in [1.165, 1.54) is 23.9 Å². The third-order valence-corrected chi connectivity index (χ3v) is 4.92. The van der Waals surface area contributed by atoms with Crippen molar-refractivity contribution in [3.8, 4) is 0 Å². The number of carbonyl (C=O) groups excluding carboxylic acids is 1. The van der Waals surface area contributed by atoms with E-state index in [9.17, 15) is 14.3 Å². The summed E-state index contributed by atoms with van der Waals surface area (Å²) in [5, 5.41) is 12.3. The van der Waals surface area contributed by atoms with E-state index in [-0.39, 0.29) is 23.7 Å². The third kappa shape index (κ3) is 6.06. The van der Waals surface area contributed by atoms with E-state index in [1.54, 1.807) is 12.1 Å². The summed E-state index contributed by atoms with van der Waals surface area (Å²) < 4.78 is 12.8. The van der Waals surface area contributed by atoms with Gasteiger partial charge in [0.15, 0.2) is 0 Å². The van der Waals surface area contributed by atoms with Crippen LogP contribution in [0.25, 0.3) is 0 Å². The highest BCUT2D eigenvalue weighted by Gasteiger charge is 2.25. The highest BCUT2D eigenvalue weighted by Crippen LogP contribution is 2.24. The number of hydrogen-bond acceptors (Lipinski definition) is 3. The van der Waals surface area contributed by atoms with Gasteiger partial charge in [-0.25, -0.2) is 4.39 Å². The van der Waals surface area contributed by atoms with Crippen LogP contribution >= 0.6 is 11.8 Å². The molecular formula is C16H24FNO2S. The van der Waals surface area contributed by atoms with Gasteiger partial charge in [0.25, 0.3) is 0 Å². The van der Waals surface area contributed by atoms with E-state index < -0.39 is 0 Å². The Morgan fingerprint density at radius 3 is 2.43 bits per heavy atom. The van der Waals surface area contributed by atoms with E-state index in [4.69, 9.17) is 0 Å². The molecule has 0 saturated heterocycles. The molecule has 1 aromatic carbocycles. The molecule has 0 saturated carbocycles. The first-order chi connectivity index (χ1) is 10.0. The normalized spacial score (nSPS) is 11.4. The molecule has 0 unspecified atom stereocenters. The smallest absolute Gasteiger partial charge is 0.220 e. The average molecular weight is 313 g/mol. The maximum Gasteiger partial charge on any atom is 0.220 e. The van der Waals surface area contributed by atoms with Gasteiger partial charge >= 0.3 is 0 Å². The van der Waals surface area contributed by atoms with Gasteiger partial charge in [-0.3, -0.25) is 4.79 Å². The van der Waals surface area contributed by atoms with Crippen molar-refractivity contribution in [3.63, 3.8) is 0 Å². The number of aliphatic hydroxyl groups excluding tert-OH is 1. The highest BCUT2D eigenvalue weighted by atomic mass is 32.2. The Kier molecular flexibility index (Phi) is 7.75. The molecule has 0 bridgehead atoms. The Labute approximate surface area is 130 Å². The molecule has 3 nitrogen and oxygen atoms in total. The second-order valence-electron chi connectivity index (χ2n) is 5.19. The van der Waals surface area contributed by atoms with Crippen molar-refractivity contribution < 1.29 is 14.3 Å². The van der Waals surface area contributed by atoms with Crippen LogP contribution in [0.3, 0.4) is 0 Å². The summed E-state index contributed by atoms with van der Waals surface area (Å²) in [5.74, 6) is 0.392. The van der Waals surface area contributed by atoms with Crippen LogP contribution in [0.4, 0.5) is 4.39 Å². The quantitative estimate of drug-likeness (QED) is 0.688. The van der Waals surface area contributed by atoms with Crippen molar-refractivity contribution in [2.45, 2.75) is 38.0 Å². The number of benzene rings is 1. The van der Waals surface area contributed by atoms with Crippen molar-refractivity contribution >= 4 is 17.7 Å². The number of thioether (sulfide) groups is 1. The molecule has 1 aromatic rings. The van der Waals surface area contributed by atoms with Gasteiger partial charge in [-0.15, -0.1) is 11.8 Å². The topological polar surface area (TPSA) is 49.3 Å².